The van der Waals surface area contributed by atoms with E-state index < -0.39 is 0 Å². The van der Waals surface area contributed by atoms with E-state index in [1.807, 2.05) is 35.7 Å². The lowest BCUT2D eigenvalue weighted by Crippen LogP contribution is -2.45. The monoisotopic (exact) mass is 483 g/mol. The number of benzene rings is 1. The lowest BCUT2D eigenvalue weighted by Gasteiger charge is -2.32. The van der Waals surface area contributed by atoms with Crippen LogP contribution in [0, 0.1) is 0 Å². The molecule has 0 bridgehead atoms. The Morgan fingerprint density at radius 2 is 2.12 bits per heavy atom. The second-order valence-corrected chi connectivity index (χ2v) is 9.42. The number of carbonyl (C=O) groups excluding carboxylic acids is 1. The molecule has 1 aromatic heterocycles. The fourth-order valence-corrected chi connectivity index (χ4v) is 4.48. The lowest BCUT2D eigenvalue weighted by molar-refractivity contribution is -0.115. The molecule has 0 spiro atoms. The van der Waals surface area contributed by atoms with Gasteiger partial charge in [0.2, 0.25) is 5.91 Å². The highest BCUT2D eigenvalue weighted by Gasteiger charge is 2.13. The molecule has 184 valence electrons. The molecule has 2 aromatic rings. The molecule has 1 aliphatic heterocycles. The van der Waals surface area contributed by atoms with E-state index in [4.69, 9.17) is 10.5 Å². The van der Waals surface area contributed by atoms with E-state index in [1.54, 1.807) is 0 Å². The van der Waals surface area contributed by atoms with Crippen molar-refractivity contribution in [2.45, 2.75) is 32.6 Å². The highest BCUT2D eigenvalue weighted by Crippen LogP contribution is 2.24. The first-order chi connectivity index (χ1) is 16.6. The van der Waals surface area contributed by atoms with Crippen molar-refractivity contribution in [3.63, 3.8) is 0 Å². The van der Waals surface area contributed by atoms with Crippen LogP contribution in [0.15, 0.2) is 48.0 Å². The van der Waals surface area contributed by atoms with E-state index in [0.29, 0.717) is 11.7 Å². The number of likely N-dealkylation sites (N-methyl/N-ethyl adjacent to an activating group) is 1. The number of allylic oxidation sites excluding steroid dienone is 3. The minimum atomic E-state index is -0.0960. The Labute approximate surface area is 207 Å². The summed E-state index contributed by atoms with van der Waals surface area (Å²) in [5, 5.41) is 5.45. The largest absolute Gasteiger partial charge is 0.492 e. The third-order valence-corrected chi connectivity index (χ3v) is 6.54. The van der Waals surface area contributed by atoms with Crippen LogP contribution in [0.5, 0.6) is 5.75 Å². The van der Waals surface area contributed by atoms with Crippen molar-refractivity contribution in [2.24, 2.45) is 5.73 Å². The van der Waals surface area contributed by atoms with Gasteiger partial charge in [-0.25, -0.2) is 4.98 Å². The van der Waals surface area contributed by atoms with Gasteiger partial charge >= 0.3 is 0 Å². The van der Waals surface area contributed by atoms with Gasteiger partial charge in [0.25, 0.3) is 0 Å². The fourth-order valence-electron chi connectivity index (χ4n) is 3.75. The quantitative estimate of drug-likeness (QED) is 0.351. The lowest BCUT2D eigenvalue weighted by atomic mass is 10.1. The number of thiazole rings is 1. The molecule has 3 rings (SSSR count). The van der Waals surface area contributed by atoms with Crippen molar-refractivity contribution < 1.29 is 9.53 Å². The van der Waals surface area contributed by atoms with Gasteiger partial charge in [0, 0.05) is 38.1 Å². The predicted molar refractivity (Wildman–Crippen MR) is 141 cm³/mol. The second kappa shape index (κ2) is 13.9. The number of hydrogen-bond acceptors (Lipinski definition) is 7. The number of unbranched alkanes of at least 4 members (excludes halogenated alkanes) is 2. The van der Waals surface area contributed by atoms with Crippen LogP contribution in [0.1, 0.15) is 37.4 Å². The van der Waals surface area contributed by atoms with Crippen molar-refractivity contribution in [2.75, 3.05) is 51.7 Å². The first-order valence-electron chi connectivity index (χ1n) is 12.0. The van der Waals surface area contributed by atoms with Gasteiger partial charge < -0.3 is 20.7 Å². The highest BCUT2D eigenvalue weighted by atomic mass is 32.1. The van der Waals surface area contributed by atoms with Crippen LogP contribution < -0.4 is 15.8 Å². The molecule has 0 aliphatic carbocycles. The number of amides is 1. The number of carbonyl (C=O) groups is 1. The van der Waals surface area contributed by atoms with Crippen molar-refractivity contribution in [3.05, 3.63) is 59.3 Å². The molecule has 1 amide bonds. The molecule has 1 aromatic carbocycles. The number of piperazine rings is 1. The van der Waals surface area contributed by atoms with Gasteiger partial charge in [-0.15, -0.1) is 11.3 Å². The fraction of sp³-hybridized carbons (Fsp3) is 0.462. The molecule has 1 fully saturated rings. The molecular formula is C26H37N5O2S. The SMILES string of the molecule is CCCC/C=C(\C=C/N)c1csc(NC(=O)Cc2cccc(OCCN3CCN(C)CC3)c2)n1. The van der Waals surface area contributed by atoms with Crippen LogP contribution in [0.2, 0.25) is 0 Å². The van der Waals surface area contributed by atoms with Crippen LogP contribution >= 0.6 is 11.3 Å². The molecule has 3 N–H and O–H groups in total. The van der Waals surface area contributed by atoms with E-state index in [2.05, 4.69) is 40.1 Å². The van der Waals surface area contributed by atoms with Gasteiger partial charge in [-0.3, -0.25) is 9.69 Å². The molecule has 1 aliphatic rings. The maximum atomic E-state index is 12.6. The molecule has 7 nitrogen and oxygen atoms in total. The Balaban J connectivity index is 1.49. The summed E-state index contributed by atoms with van der Waals surface area (Å²) in [4.78, 5) is 22.0. The summed E-state index contributed by atoms with van der Waals surface area (Å²) in [6.45, 7) is 8.09. The van der Waals surface area contributed by atoms with E-state index >= 15 is 0 Å². The third-order valence-electron chi connectivity index (χ3n) is 5.78. The van der Waals surface area contributed by atoms with Crippen molar-refractivity contribution in [3.8, 4) is 5.75 Å². The Kier molecular flexibility index (Phi) is 10.6. The third kappa shape index (κ3) is 8.59. The zero-order chi connectivity index (χ0) is 24.2. The summed E-state index contributed by atoms with van der Waals surface area (Å²) in [6.07, 6.45) is 9.02. The zero-order valence-corrected chi connectivity index (χ0v) is 21.2. The van der Waals surface area contributed by atoms with Gasteiger partial charge in [-0.1, -0.05) is 38.0 Å². The van der Waals surface area contributed by atoms with Crippen LogP contribution in [-0.4, -0.2) is 67.1 Å². The van der Waals surface area contributed by atoms with Crippen molar-refractivity contribution in [1.82, 2.24) is 14.8 Å². The average molecular weight is 484 g/mol. The normalized spacial score (nSPS) is 15.6. The Hall–Kier alpha value is -2.68. The van der Waals surface area contributed by atoms with Gasteiger partial charge in [-0.05, 0) is 49.0 Å². The highest BCUT2D eigenvalue weighted by molar-refractivity contribution is 7.14. The zero-order valence-electron chi connectivity index (χ0n) is 20.3. The van der Waals surface area contributed by atoms with Crippen molar-refractivity contribution >= 4 is 27.9 Å². The smallest absolute Gasteiger partial charge is 0.230 e. The van der Waals surface area contributed by atoms with Crippen molar-refractivity contribution in [1.29, 1.82) is 0 Å². The number of nitrogens with two attached hydrogens (primary N) is 1. The first kappa shape index (κ1) is 25.9. The summed E-state index contributed by atoms with van der Waals surface area (Å²) in [6, 6.07) is 7.76. The first-order valence-corrected chi connectivity index (χ1v) is 12.9. The maximum absolute atomic E-state index is 12.6. The topological polar surface area (TPSA) is 83.7 Å². The van der Waals surface area contributed by atoms with Gasteiger partial charge in [0.05, 0.1) is 12.1 Å². The van der Waals surface area contributed by atoms with Crippen LogP contribution in [0.4, 0.5) is 5.13 Å². The van der Waals surface area contributed by atoms with Gasteiger partial charge in [0.15, 0.2) is 5.13 Å². The van der Waals surface area contributed by atoms with Crippen LogP contribution in [0.3, 0.4) is 0 Å². The Morgan fingerprint density at radius 3 is 2.88 bits per heavy atom. The van der Waals surface area contributed by atoms with Crippen LogP contribution in [0.25, 0.3) is 5.57 Å². The minimum Gasteiger partial charge on any atom is -0.492 e. The number of aromatic nitrogens is 1. The van der Waals surface area contributed by atoms with E-state index in [1.165, 1.54) is 17.5 Å². The molecule has 2 heterocycles. The van der Waals surface area contributed by atoms with E-state index in [9.17, 15) is 4.79 Å². The summed E-state index contributed by atoms with van der Waals surface area (Å²) in [5.74, 6) is 0.702. The molecular weight excluding hydrogens is 446 g/mol. The number of rotatable bonds is 12. The molecule has 0 unspecified atom stereocenters. The number of anilines is 1. The number of nitrogens with one attached hydrogen (secondary N) is 1. The molecule has 0 saturated carbocycles. The standard InChI is InChI=1S/C26H37N5O2S/c1-3-4-5-8-22(10-11-27)24-20-34-26(28-24)29-25(32)19-21-7-6-9-23(18-21)33-17-16-31-14-12-30(2)13-15-31/h6-11,18,20H,3-5,12-17,19,27H2,1-2H3,(H,28,29,32)/b11-10-,22-8+. The number of hydrogen-bond donors (Lipinski definition) is 2. The molecule has 8 heteroatoms. The van der Waals surface area contributed by atoms with E-state index in [0.717, 1.165) is 74.6 Å². The average Bonchev–Trinajstić information content (AvgIpc) is 3.28. The molecule has 0 radical (unpaired) electrons. The molecule has 0 atom stereocenters. The maximum Gasteiger partial charge on any atom is 0.230 e. The summed E-state index contributed by atoms with van der Waals surface area (Å²) < 4.78 is 5.95. The number of ether oxygens (including phenoxy) is 1. The Bertz CT molecular complexity index is 964. The summed E-state index contributed by atoms with van der Waals surface area (Å²) in [7, 11) is 2.16. The van der Waals surface area contributed by atoms with Gasteiger partial charge in [-0.2, -0.15) is 0 Å². The van der Waals surface area contributed by atoms with E-state index in [-0.39, 0.29) is 12.3 Å². The minimum absolute atomic E-state index is 0.0960. The summed E-state index contributed by atoms with van der Waals surface area (Å²) in [5.41, 5.74) is 8.32. The summed E-state index contributed by atoms with van der Waals surface area (Å²) >= 11 is 1.42. The number of nitrogens with zero attached hydrogens (tertiary/aromatic N) is 3. The molecule has 34 heavy (non-hydrogen) atoms. The predicted octanol–water partition coefficient (Wildman–Crippen LogP) is 4.00. The van der Waals surface area contributed by atoms with Gasteiger partial charge in [0.1, 0.15) is 12.4 Å². The second-order valence-electron chi connectivity index (χ2n) is 8.56. The Morgan fingerprint density at radius 1 is 1.29 bits per heavy atom. The molecule has 1 saturated heterocycles. The van der Waals surface area contributed by atoms with Crippen LogP contribution in [-0.2, 0) is 11.2 Å².